The number of aromatic amines is 1. The van der Waals surface area contributed by atoms with Crippen LogP contribution >= 0.6 is 0 Å². The standard InChI is InChI=1S/C25H32N6O4/c1-15(2)14-31(18-7-9-19(35-5)10-8-18)21-11-6-17(16(3)12-22(32)33)13-20(21)27-25-28-23(29-30-25)24(34)26-4/h6-11,13,15-16H,12,14H2,1-5H3,(H,26,34)(H,32,33)(H2,27,28,29,30)/t16-/m1/s1. The van der Waals surface area contributed by atoms with Gasteiger partial charge in [-0.3, -0.25) is 14.7 Å². The van der Waals surface area contributed by atoms with Gasteiger partial charge >= 0.3 is 5.97 Å². The lowest BCUT2D eigenvalue weighted by atomic mass is 9.96. The Balaban J connectivity index is 2.07. The van der Waals surface area contributed by atoms with Crippen molar-refractivity contribution in [3.63, 3.8) is 0 Å². The average Bonchev–Trinajstić information content (AvgIpc) is 3.30. The minimum Gasteiger partial charge on any atom is -0.497 e. The van der Waals surface area contributed by atoms with E-state index in [0.29, 0.717) is 11.6 Å². The number of carbonyl (C=O) groups is 2. The van der Waals surface area contributed by atoms with E-state index >= 15 is 0 Å². The Morgan fingerprint density at radius 1 is 1.14 bits per heavy atom. The van der Waals surface area contributed by atoms with Gasteiger partial charge in [-0.1, -0.05) is 26.8 Å². The zero-order valence-corrected chi connectivity index (χ0v) is 20.6. The van der Waals surface area contributed by atoms with E-state index in [2.05, 4.69) is 44.6 Å². The first-order valence-electron chi connectivity index (χ1n) is 11.4. The smallest absolute Gasteiger partial charge is 0.303 e. The number of ether oxygens (including phenoxy) is 1. The number of hydrogen-bond donors (Lipinski definition) is 4. The molecule has 10 nitrogen and oxygen atoms in total. The molecule has 0 unspecified atom stereocenters. The average molecular weight is 481 g/mol. The van der Waals surface area contributed by atoms with Crippen molar-refractivity contribution >= 4 is 34.9 Å². The first kappa shape index (κ1) is 25.5. The summed E-state index contributed by atoms with van der Waals surface area (Å²) in [5.41, 5.74) is 3.38. The number of aliphatic carboxylic acids is 1. The van der Waals surface area contributed by atoms with E-state index in [1.807, 2.05) is 49.4 Å². The van der Waals surface area contributed by atoms with Crippen molar-refractivity contribution < 1.29 is 19.4 Å². The molecule has 0 aliphatic carbocycles. The quantitative estimate of drug-likeness (QED) is 0.320. The maximum atomic E-state index is 11.9. The molecule has 3 rings (SSSR count). The fourth-order valence-electron chi connectivity index (χ4n) is 3.70. The lowest BCUT2D eigenvalue weighted by Gasteiger charge is -2.29. The number of amides is 1. The van der Waals surface area contributed by atoms with Crippen molar-refractivity contribution in [2.75, 3.05) is 30.9 Å². The van der Waals surface area contributed by atoms with Gasteiger partial charge in [0.05, 0.1) is 24.9 Å². The summed E-state index contributed by atoms with van der Waals surface area (Å²) in [5.74, 6) is -0.0199. The predicted molar refractivity (Wildman–Crippen MR) is 135 cm³/mol. The minimum absolute atomic E-state index is 0.00838. The van der Waals surface area contributed by atoms with E-state index in [1.54, 1.807) is 7.11 Å². The molecule has 35 heavy (non-hydrogen) atoms. The molecule has 3 aromatic rings. The number of aromatic nitrogens is 3. The van der Waals surface area contributed by atoms with Crippen molar-refractivity contribution in [3.05, 3.63) is 53.9 Å². The summed E-state index contributed by atoms with van der Waals surface area (Å²) in [6.07, 6.45) is 0.00838. The molecule has 186 valence electrons. The van der Waals surface area contributed by atoms with Crippen LogP contribution in [-0.4, -0.2) is 52.9 Å². The summed E-state index contributed by atoms with van der Waals surface area (Å²) in [5, 5.41) is 21.7. The number of hydrogen-bond acceptors (Lipinski definition) is 7. The van der Waals surface area contributed by atoms with Crippen LogP contribution < -0.4 is 20.3 Å². The van der Waals surface area contributed by atoms with Crippen LogP contribution in [0.5, 0.6) is 5.75 Å². The Labute approximate surface area is 204 Å². The summed E-state index contributed by atoms with van der Waals surface area (Å²) in [4.78, 5) is 29.6. The van der Waals surface area contributed by atoms with Crippen LogP contribution in [0.4, 0.5) is 23.0 Å². The fourth-order valence-corrected chi connectivity index (χ4v) is 3.70. The molecule has 1 amide bonds. The SMILES string of the molecule is CNC(=O)c1nc(Nc2cc([C@H](C)CC(=O)O)ccc2N(CC(C)C)c2ccc(OC)cc2)n[nH]1. The zero-order chi connectivity index (χ0) is 25.5. The number of carbonyl (C=O) groups excluding carboxylic acids is 1. The van der Waals surface area contributed by atoms with Crippen molar-refractivity contribution in [2.45, 2.75) is 33.1 Å². The van der Waals surface area contributed by atoms with E-state index in [-0.39, 0.29) is 30.0 Å². The Bertz CT molecular complexity index is 1160. The molecule has 0 spiro atoms. The molecule has 1 heterocycles. The second-order valence-electron chi connectivity index (χ2n) is 8.69. The zero-order valence-electron chi connectivity index (χ0n) is 20.6. The summed E-state index contributed by atoms with van der Waals surface area (Å²) in [6, 6.07) is 13.6. The molecule has 1 aromatic heterocycles. The largest absolute Gasteiger partial charge is 0.497 e. The molecule has 0 fully saturated rings. The number of nitrogens with zero attached hydrogens (tertiary/aromatic N) is 3. The van der Waals surface area contributed by atoms with Gasteiger partial charge in [-0.2, -0.15) is 4.98 Å². The maximum Gasteiger partial charge on any atom is 0.303 e. The molecule has 1 atom stereocenters. The van der Waals surface area contributed by atoms with Gasteiger partial charge in [-0.15, -0.1) is 5.10 Å². The van der Waals surface area contributed by atoms with E-state index in [4.69, 9.17) is 4.74 Å². The molecule has 0 saturated carbocycles. The monoisotopic (exact) mass is 480 g/mol. The summed E-state index contributed by atoms with van der Waals surface area (Å²) < 4.78 is 5.31. The van der Waals surface area contributed by atoms with Crippen molar-refractivity contribution in [1.29, 1.82) is 0 Å². The number of anilines is 4. The number of benzene rings is 2. The second kappa shape index (κ2) is 11.4. The van der Waals surface area contributed by atoms with Crippen LogP contribution in [0.2, 0.25) is 0 Å². The van der Waals surface area contributed by atoms with E-state index in [9.17, 15) is 14.7 Å². The van der Waals surface area contributed by atoms with Gasteiger partial charge in [0.15, 0.2) is 0 Å². The fraction of sp³-hybridized carbons (Fsp3) is 0.360. The van der Waals surface area contributed by atoms with Crippen molar-refractivity contribution in [2.24, 2.45) is 5.92 Å². The molecule has 2 aromatic carbocycles. The highest BCUT2D eigenvalue weighted by Crippen LogP contribution is 2.37. The third kappa shape index (κ3) is 6.50. The molecule has 0 aliphatic heterocycles. The number of nitrogens with one attached hydrogen (secondary N) is 3. The Morgan fingerprint density at radius 3 is 2.46 bits per heavy atom. The normalized spacial score (nSPS) is 11.7. The summed E-state index contributed by atoms with van der Waals surface area (Å²) >= 11 is 0. The van der Waals surface area contributed by atoms with Gasteiger partial charge in [-0.25, -0.2) is 0 Å². The van der Waals surface area contributed by atoms with Gasteiger partial charge in [0.2, 0.25) is 11.8 Å². The van der Waals surface area contributed by atoms with Crippen LogP contribution in [0.1, 0.15) is 49.3 Å². The van der Waals surface area contributed by atoms with E-state index < -0.39 is 5.97 Å². The number of rotatable bonds is 11. The Kier molecular flexibility index (Phi) is 8.30. The van der Waals surface area contributed by atoms with E-state index in [1.165, 1.54) is 7.05 Å². The van der Waals surface area contributed by atoms with Crippen LogP contribution in [0.25, 0.3) is 0 Å². The number of carboxylic acid groups (broad SMARTS) is 1. The second-order valence-corrected chi connectivity index (χ2v) is 8.69. The molecule has 0 aliphatic rings. The van der Waals surface area contributed by atoms with E-state index in [0.717, 1.165) is 29.2 Å². The van der Waals surface area contributed by atoms with Crippen LogP contribution in [0.15, 0.2) is 42.5 Å². The van der Waals surface area contributed by atoms with Crippen LogP contribution in [0, 0.1) is 5.92 Å². The molecule has 0 saturated heterocycles. The summed E-state index contributed by atoms with van der Waals surface area (Å²) in [7, 11) is 3.14. The molecule has 4 N–H and O–H groups in total. The number of H-pyrrole nitrogens is 1. The molecule has 0 bridgehead atoms. The lowest BCUT2D eigenvalue weighted by molar-refractivity contribution is -0.137. The predicted octanol–water partition coefficient (Wildman–Crippen LogP) is 4.29. The van der Waals surface area contributed by atoms with Gasteiger partial charge in [0.1, 0.15) is 5.75 Å². The maximum absolute atomic E-state index is 11.9. The highest BCUT2D eigenvalue weighted by molar-refractivity contribution is 5.90. The molecular weight excluding hydrogens is 448 g/mol. The number of carboxylic acids is 1. The first-order chi connectivity index (χ1) is 16.7. The third-order valence-electron chi connectivity index (χ3n) is 5.47. The van der Waals surface area contributed by atoms with Crippen molar-refractivity contribution in [1.82, 2.24) is 20.5 Å². The third-order valence-corrected chi connectivity index (χ3v) is 5.47. The van der Waals surface area contributed by atoms with Crippen molar-refractivity contribution in [3.8, 4) is 5.75 Å². The molecular formula is C25H32N6O4. The summed E-state index contributed by atoms with van der Waals surface area (Å²) in [6.45, 7) is 6.87. The minimum atomic E-state index is -0.861. The first-order valence-corrected chi connectivity index (χ1v) is 11.4. The Morgan fingerprint density at radius 2 is 1.86 bits per heavy atom. The highest BCUT2D eigenvalue weighted by atomic mass is 16.5. The molecule has 0 radical (unpaired) electrons. The highest BCUT2D eigenvalue weighted by Gasteiger charge is 2.20. The lowest BCUT2D eigenvalue weighted by Crippen LogP contribution is -2.23. The topological polar surface area (TPSA) is 132 Å². The van der Waals surface area contributed by atoms with Gasteiger partial charge < -0.3 is 25.4 Å². The number of methoxy groups -OCH3 is 1. The molecule has 10 heteroatoms. The van der Waals surface area contributed by atoms with Gasteiger partial charge in [0.25, 0.3) is 5.91 Å². The Hall–Kier alpha value is -4.08. The van der Waals surface area contributed by atoms with Gasteiger partial charge in [0, 0.05) is 19.3 Å². The van der Waals surface area contributed by atoms with Crippen LogP contribution in [0.3, 0.4) is 0 Å². The van der Waals surface area contributed by atoms with Crippen LogP contribution in [-0.2, 0) is 4.79 Å². The van der Waals surface area contributed by atoms with Gasteiger partial charge in [-0.05, 0) is 53.8 Å².